The molecule has 1 aromatic rings. The Morgan fingerprint density at radius 2 is 1.50 bits per heavy atom. The minimum atomic E-state index is 0. The molecular formula is C18H33NO. The van der Waals surface area contributed by atoms with E-state index >= 15 is 0 Å². The van der Waals surface area contributed by atoms with E-state index in [1.165, 1.54) is 60.8 Å². The van der Waals surface area contributed by atoms with Gasteiger partial charge in [0.1, 0.15) is 0 Å². The Kier molecular flexibility index (Phi) is 10.4. The fourth-order valence-corrected chi connectivity index (χ4v) is 2.46. The zero-order valence-corrected chi connectivity index (χ0v) is 13.8. The second kappa shape index (κ2) is 10.9. The lowest BCUT2D eigenvalue weighted by Crippen LogP contribution is -2.15. The molecule has 0 fully saturated rings. The molecule has 0 bridgehead atoms. The van der Waals surface area contributed by atoms with E-state index in [1.54, 1.807) is 0 Å². The van der Waals surface area contributed by atoms with Crippen LogP contribution in [0.3, 0.4) is 0 Å². The molecule has 3 N–H and O–H groups in total. The summed E-state index contributed by atoms with van der Waals surface area (Å²) in [5, 5.41) is 3.58. The van der Waals surface area contributed by atoms with E-state index in [2.05, 4.69) is 45.1 Å². The monoisotopic (exact) mass is 279 g/mol. The van der Waals surface area contributed by atoms with Gasteiger partial charge in [0.05, 0.1) is 0 Å². The molecule has 1 aromatic carbocycles. The molecule has 2 heteroatoms. The summed E-state index contributed by atoms with van der Waals surface area (Å²) >= 11 is 0. The van der Waals surface area contributed by atoms with Crippen LogP contribution in [0, 0.1) is 20.8 Å². The Morgan fingerprint density at radius 1 is 0.850 bits per heavy atom. The highest BCUT2D eigenvalue weighted by molar-refractivity contribution is 5.38. The quantitative estimate of drug-likeness (QED) is 0.675. The summed E-state index contributed by atoms with van der Waals surface area (Å²) < 4.78 is 0. The third kappa shape index (κ3) is 6.53. The van der Waals surface area contributed by atoms with Gasteiger partial charge in [-0.25, -0.2) is 0 Å². The Labute approximate surface area is 125 Å². The summed E-state index contributed by atoms with van der Waals surface area (Å²) in [5.74, 6) is 0. The van der Waals surface area contributed by atoms with Crippen LogP contribution >= 0.6 is 0 Å². The van der Waals surface area contributed by atoms with Gasteiger partial charge in [0.2, 0.25) is 0 Å². The van der Waals surface area contributed by atoms with Crippen molar-refractivity contribution in [1.82, 2.24) is 5.32 Å². The second-order valence-corrected chi connectivity index (χ2v) is 5.74. The first kappa shape index (κ1) is 19.1. The van der Waals surface area contributed by atoms with Gasteiger partial charge in [0.15, 0.2) is 0 Å². The van der Waals surface area contributed by atoms with Gasteiger partial charge in [-0.3, -0.25) is 0 Å². The predicted molar refractivity (Wildman–Crippen MR) is 89.3 cm³/mol. The topological polar surface area (TPSA) is 43.5 Å². The molecule has 0 amide bonds. The number of hydrogen-bond donors (Lipinski definition) is 1. The molecule has 0 aliphatic carbocycles. The zero-order valence-electron chi connectivity index (χ0n) is 13.8. The van der Waals surface area contributed by atoms with Crippen LogP contribution in [0.2, 0.25) is 0 Å². The molecule has 0 unspecified atom stereocenters. The summed E-state index contributed by atoms with van der Waals surface area (Å²) in [6, 6.07) is 4.51. The number of benzene rings is 1. The van der Waals surface area contributed by atoms with Gasteiger partial charge < -0.3 is 10.8 Å². The smallest absolute Gasteiger partial charge is 0.0208 e. The van der Waals surface area contributed by atoms with Crippen molar-refractivity contribution in [2.75, 3.05) is 6.54 Å². The van der Waals surface area contributed by atoms with Crippen LogP contribution in [0.25, 0.3) is 0 Å². The largest absolute Gasteiger partial charge is 0.412 e. The first-order valence-corrected chi connectivity index (χ1v) is 7.93. The summed E-state index contributed by atoms with van der Waals surface area (Å²) in [5.41, 5.74) is 5.75. The normalized spacial score (nSPS) is 10.4. The summed E-state index contributed by atoms with van der Waals surface area (Å²) in [6.45, 7) is 11.1. The van der Waals surface area contributed by atoms with Gasteiger partial charge in [-0.2, -0.15) is 0 Å². The molecule has 0 aromatic heterocycles. The third-order valence-electron chi connectivity index (χ3n) is 4.19. The van der Waals surface area contributed by atoms with Crippen LogP contribution in [0.5, 0.6) is 0 Å². The highest BCUT2D eigenvalue weighted by Crippen LogP contribution is 2.16. The SMILES string of the molecule is CCCCCCCCNCc1ccc(C)c(C)c1C.O. The van der Waals surface area contributed by atoms with E-state index < -0.39 is 0 Å². The van der Waals surface area contributed by atoms with Gasteiger partial charge in [-0.1, -0.05) is 51.2 Å². The highest BCUT2D eigenvalue weighted by atomic mass is 16.0. The van der Waals surface area contributed by atoms with Crippen molar-refractivity contribution in [2.45, 2.75) is 72.8 Å². The minimum absolute atomic E-state index is 0. The van der Waals surface area contributed by atoms with Crippen molar-refractivity contribution < 1.29 is 5.48 Å². The van der Waals surface area contributed by atoms with Crippen LogP contribution in [0.15, 0.2) is 12.1 Å². The summed E-state index contributed by atoms with van der Waals surface area (Å²) in [6.07, 6.45) is 8.23. The van der Waals surface area contributed by atoms with Crippen LogP contribution in [-0.4, -0.2) is 12.0 Å². The molecule has 0 aliphatic heterocycles. The Morgan fingerprint density at radius 3 is 2.20 bits per heavy atom. The minimum Gasteiger partial charge on any atom is -0.412 e. The van der Waals surface area contributed by atoms with E-state index in [0.29, 0.717) is 0 Å². The van der Waals surface area contributed by atoms with Crippen LogP contribution in [-0.2, 0) is 6.54 Å². The highest BCUT2D eigenvalue weighted by Gasteiger charge is 2.02. The van der Waals surface area contributed by atoms with Crippen molar-refractivity contribution in [3.8, 4) is 0 Å². The first-order chi connectivity index (χ1) is 9.16. The average molecular weight is 279 g/mol. The molecule has 0 radical (unpaired) electrons. The predicted octanol–water partition coefficient (Wildman–Crippen LogP) is 4.24. The number of hydrogen-bond acceptors (Lipinski definition) is 1. The molecule has 0 aliphatic rings. The zero-order chi connectivity index (χ0) is 14.1. The molecular weight excluding hydrogens is 246 g/mol. The average Bonchev–Trinajstić information content (AvgIpc) is 2.41. The Hall–Kier alpha value is -0.860. The van der Waals surface area contributed by atoms with Gasteiger partial charge in [0, 0.05) is 6.54 Å². The van der Waals surface area contributed by atoms with Crippen molar-refractivity contribution >= 4 is 0 Å². The van der Waals surface area contributed by atoms with Crippen molar-refractivity contribution in [1.29, 1.82) is 0 Å². The maximum absolute atomic E-state index is 3.58. The van der Waals surface area contributed by atoms with E-state index in [9.17, 15) is 0 Å². The third-order valence-corrected chi connectivity index (χ3v) is 4.19. The fourth-order valence-electron chi connectivity index (χ4n) is 2.46. The van der Waals surface area contributed by atoms with Gasteiger partial charge in [0.25, 0.3) is 0 Å². The number of unbranched alkanes of at least 4 members (excludes halogenated alkanes) is 5. The van der Waals surface area contributed by atoms with Crippen molar-refractivity contribution in [3.05, 3.63) is 34.4 Å². The molecule has 0 atom stereocenters. The molecule has 0 saturated carbocycles. The Balaban J connectivity index is 0.00000361. The molecule has 0 heterocycles. The van der Waals surface area contributed by atoms with Gasteiger partial charge >= 0.3 is 0 Å². The maximum atomic E-state index is 3.58. The lowest BCUT2D eigenvalue weighted by Gasteiger charge is -2.12. The number of aryl methyl sites for hydroxylation is 1. The standard InChI is InChI=1S/C18H31N.H2O/c1-5-6-7-8-9-10-13-19-14-18-12-11-15(2)16(3)17(18)4;/h11-12,19H,5-10,13-14H2,1-4H3;1H2. The summed E-state index contributed by atoms with van der Waals surface area (Å²) in [4.78, 5) is 0. The van der Waals surface area contributed by atoms with Crippen LogP contribution in [0.1, 0.15) is 67.7 Å². The van der Waals surface area contributed by atoms with Crippen LogP contribution in [0.4, 0.5) is 0 Å². The van der Waals surface area contributed by atoms with E-state index in [4.69, 9.17) is 0 Å². The van der Waals surface area contributed by atoms with Crippen molar-refractivity contribution in [3.63, 3.8) is 0 Å². The maximum Gasteiger partial charge on any atom is 0.0208 e. The van der Waals surface area contributed by atoms with E-state index in [1.807, 2.05) is 0 Å². The lowest BCUT2D eigenvalue weighted by molar-refractivity contribution is 0.571. The number of nitrogens with one attached hydrogen (secondary N) is 1. The lowest BCUT2D eigenvalue weighted by atomic mass is 9.99. The van der Waals surface area contributed by atoms with E-state index in [-0.39, 0.29) is 5.48 Å². The number of rotatable bonds is 9. The van der Waals surface area contributed by atoms with E-state index in [0.717, 1.165) is 13.1 Å². The molecule has 0 spiro atoms. The molecule has 20 heavy (non-hydrogen) atoms. The fraction of sp³-hybridized carbons (Fsp3) is 0.667. The summed E-state index contributed by atoms with van der Waals surface area (Å²) in [7, 11) is 0. The second-order valence-electron chi connectivity index (χ2n) is 5.74. The van der Waals surface area contributed by atoms with Crippen LogP contribution < -0.4 is 5.32 Å². The molecule has 1 rings (SSSR count). The first-order valence-electron chi connectivity index (χ1n) is 7.93. The van der Waals surface area contributed by atoms with Gasteiger partial charge in [-0.15, -0.1) is 0 Å². The molecule has 116 valence electrons. The molecule has 2 nitrogen and oxygen atoms in total. The van der Waals surface area contributed by atoms with Gasteiger partial charge in [-0.05, 0) is 56.0 Å². The van der Waals surface area contributed by atoms with Crippen molar-refractivity contribution in [2.24, 2.45) is 0 Å². The Bertz CT molecular complexity index is 374. The molecule has 0 saturated heterocycles.